The molecule has 3 aromatic heterocycles. The van der Waals surface area contributed by atoms with Crippen LogP contribution in [-0.4, -0.2) is 52.5 Å². The third-order valence-electron chi connectivity index (χ3n) is 6.19. The highest BCUT2D eigenvalue weighted by Crippen LogP contribution is 2.33. The zero-order valence-corrected chi connectivity index (χ0v) is 18.8. The second kappa shape index (κ2) is 7.91. The van der Waals surface area contributed by atoms with Crippen molar-refractivity contribution in [2.45, 2.75) is 26.8 Å². The molecule has 4 aromatic rings. The summed E-state index contributed by atoms with van der Waals surface area (Å²) in [5.74, 6) is 1.51. The first kappa shape index (κ1) is 20.5. The van der Waals surface area contributed by atoms with E-state index in [0.29, 0.717) is 34.6 Å². The van der Waals surface area contributed by atoms with Crippen LogP contribution in [0.5, 0.6) is 0 Å². The molecule has 1 saturated heterocycles. The first-order chi connectivity index (χ1) is 15.4. The lowest BCUT2D eigenvalue weighted by molar-refractivity contribution is 0.0500. The number of benzene rings is 1. The lowest BCUT2D eigenvalue weighted by atomic mass is 9.99. The highest BCUT2D eigenvalue weighted by atomic mass is 16.5. The van der Waals surface area contributed by atoms with E-state index < -0.39 is 0 Å². The van der Waals surface area contributed by atoms with Gasteiger partial charge in [0.25, 0.3) is 11.6 Å². The molecular formula is C25H26N4O3. The van der Waals surface area contributed by atoms with Crippen LogP contribution in [0, 0.1) is 20.8 Å². The minimum atomic E-state index is -0.0372. The Kier molecular flexibility index (Phi) is 5.06. The number of fused-ring (bicyclic) bond motifs is 1. The van der Waals surface area contributed by atoms with Crippen molar-refractivity contribution in [2.24, 2.45) is 0 Å². The number of furan rings is 1. The fraction of sp³-hybridized carbons (Fsp3) is 0.320. The van der Waals surface area contributed by atoms with Gasteiger partial charge < -0.3 is 18.7 Å². The van der Waals surface area contributed by atoms with Crippen LogP contribution in [0.4, 0.5) is 0 Å². The molecule has 1 aliphatic heterocycles. The predicted octanol–water partition coefficient (Wildman–Crippen LogP) is 4.54. The Balaban J connectivity index is 1.63. The van der Waals surface area contributed by atoms with Crippen LogP contribution in [-0.2, 0) is 0 Å². The summed E-state index contributed by atoms with van der Waals surface area (Å²) in [6.07, 6.45) is 0. The Morgan fingerprint density at radius 2 is 1.88 bits per heavy atom. The highest BCUT2D eigenvalue weighted by Gasteiger charge is 2.33. The van der Waals surface area contributed by atoms with Crippen molar-refractivity contribution >= 4 is 17.0 Å². The van der Waals surface area contributed by atoms with Gasteiger partial charge in [-0.05, 0) is 45.5 Å². The van der Waals surface area contributed by atoms with E-state index in [1.807, 2.05) is 56.0 Å². The number of carbonyl (C=O) groups excluding carboxylic acids is 1. The number of rotatable bonds is 3. The molecule has 1 atom stereocenters. The first-order valence-corrected chi connectivity index (χ1v) is 10.8. The van der Waals surface area contributed by atoms with Gasteiger partial charge in [0.05, 0.1) is 28.4 Å². The van der Waals surface area contributed by atoms with E-state index in [1.54, 1.807) is 0 Å². The molecule has 7 heteroatoms. The van der Waals surface area contributed by atoms with E-state index in [2.05, 4.69) is 34.2 Å². The molecule has 164 valence electrons. The molecule has 7 nitrogen and oxygen atoms in total. The molecule has 0 bridgehead atoms. The minimum absolute atomic E-state index is 0.0350. The van der Waals surface area contributed by atoms with E-state index in [1.165, 1.54) is 0 Å². The minimum Gasteiger partial charge on any atom is -0.466 e. The molecule has 0 aliphatic carbocycles. The van der Waals surface area contributed by atoms with Crippen molar-refractivity contribution in [3.63, 3.8) is 0 Å². The third-order valence-corrected chi connectivity index (χ3v) is 6.19. The van der Waals surface area contributed by atoms with E-state index >= 15 is 0 Å². The SMILES string of the molecule is Cc1cc(-c2cc(C(=O)N3CCN(C)CC3c3ccccc3)c3c(C)noc3n2)c(C)o1. The average molecular weight is 431 g/mol. The Labute approximate surface area is 186 Å². The summed E-state index contributed by atoms with van der Waals surface area (Å²) in [5.41, 5.74) is 4.22. The third kappa shape index (κ3) is 3.48. The van der Waals surface area contributed by atoms with Gasteiger partial charge in [0.1, 0.15) is 11.5 Å². The number of carbonyl (C=O) groups is 1. The standard InChI is InChI=1S/C25H26N4O3/c1-15-12-19(17(3)31-15)21-13-20(23-16(2)27-32-24(23)26-21)25(30)29-11-10-28(4)14-22(29)18-8-6-5-7-9-18/h5-9,12-13,22H,10-11,14H2,1-4H3. The Morgan fingerprint density at radius 1 is 1.09 bits per heavy atom. The fourth-order valence-corrected chi connectivity index (χ4v) is 4.56. The Morgan fingerprint density at radius 3 is 2.59 bits per heavy atom. The van der Waals surface area contributed by atoms with Gasteiger partial charge in [0.15, 0.2) is 0 Å². The largest absolute Gasteiger partial charge is 0.466 e. The van der Waals surface area contributed by atoms with Gasteiger partial charge in [-0.3, -0.25) is 4.79 Å². The average Bonchev–Trinajstić information content (AvgIpc) is 3.34. The van der Waals surface area contributed by atoms with Crippen LogP contribution in [0.2, 0.25) is 0 Å². The monoisotopic (exact) mass is 430 g/mol. The summed E-state index contributed by atoms with van der Waals surface area (Å²) in [7, 11) is 2.09. The smallest absolute Gasteiger partial charge is 0.259 e. The van der Waals surface area contributed by atoms with Crippen LogP contribution < -0.4 is 0 Å². The van der Waals surface area contributed by atoms with Crippen LogP contribution >= 0.6 is 0 Å². The maximum atomic E-state index is 14.0. The molecule has 0 spiro atoms. The topological polar surface area (TPSA) is 75.6 Å². The Hall–Kier alpha value is -3.45. The zero-order valence-electron chi connectivity index (χ0n) is 18.8. The molecule has 5 rings (SSSR count). The maximum absolute atomic E-state index is 14.0. The number of likely N-dealkylation sites (N-methyl/N-ethyl adjacent to an activating group) is 1. The maximum Gasteiger partial charge on any atom is 0.259 e. The molecule has 1 fully saturated rings. The number of piperazine rings is 1. The molecule has 32 heavy (non-hydrogen) atoms. The van der Waals surface area contributed by atoms with Gasteiger partial charge in [0, 0.05) is 25.2 Å². The molecule has 1 aliphatic rings. The van der Waals surface area contributed by atoms with Crippen LogP contribution in [0.25, 0.3) is 22.4 Å². The van der Waals surface area contributed by atoms with Crippen molar-refractivity contribution in [2.75, 3.05) is 26.7 Å². The second-order valence-electron chi connectivity index (χ2n) is 8.52. The number of pyridine rings is 1. The summed E-state index contributed by atoms with van der Waals surface area (Å²) in [4.78, 5) is 22.9. The molecule has 0 saturated carbocycles. The highest BCUT2D eigenvalue weighted by molar-refractivity contribution is 6.07. The Bertz CT molecular complexity index is 1290. The van der Waals surface area contributed by atoms with Gasteiger partial charge in [-0.2, -0.15) is 0 Å². The van der Waals surface area contributed by atoms with Gasteiger partial charge in [-0.15, -0.1) is 0 Å². The molecule has 4 heterocycles. The first-order valence-electron chi connectivity index (χ1n) is 10.8. The summed E-state index contributed by atoms with van der Waals surface area (Å²) in [6, 6.07) is 14.0. The predicted molar refractivity (Wildman–Crippen MR) is 121 cm³/mol. The van der Waals surface area contributed by atoms with E-state index in [0.717, 1.165) is 35.7 Å². The van der Waals surface area contributed by atoms with E-state index in [-0.39, 0.29) is 11.9 Å². The van der Waals surface area contributed by atoms with Crippen molar-refractivity contribution < 1.29 is 13.7 Å². The van der Waals surface area contributed by atoms with Crippen molar-refractivity contribution in [3.8, 4) is 11.3 Å². The number of amides is 1. The van der Waals surface area contributed by atoms with Crippen molar-refractivity contribution in [1.29, 1.82) is 0 Å². The summed E-state index contributed by atoms with van der Waals surface area (Å²) < 4.78 is 11.2. The molecular weight excluding hydrogens is 404 g/mol. The van der Waals surface area contributed by atoms with Gasteiger partial charge in [-0.1, -0.05) is 35.5 Å². The quantitative estimate of drug-likeness (QED) is 0.475. The van der Waals surface area contributed by atoms with Crippen LogP contribution in [0.3, 0.4) is 0 Å². The number of hydrogen-bond acceptors (Lipinski definition) is 6. The number of aromatic nitrogens is 2. The lowest BCUT2D eigenvalue weighted by Crippen LogP contribution is -2.49. The molecule has 0 N–H and O–H groups in total. The molecule has 1 unspecified atom stereocenters. The van der Waals surface area contributed by atoms with E-state index in [9.17, 15) is 4.79 Å². The van der Waals surface area contributed by atoms with Gasteiger partial charge in [-0.25, -0.2) is 4.98 Å². The molecule has 0 radical (unpaired) electrons. The van der Waals surface area contributed by atoms with Gasteiger partial charge >= 0.3 is 0 Å². The normalized spacial score (nSPS) is 17.2. The lowest BCUT2D eigenvalue weighted by Gasteiger charge is -2.40. The summed E-state index contributed by atoms with van der Waals surface area (Å²) >= 11 is 0. The van der Waals surface area contributed by atoms with Gasteiger partial charge in [0.2, 0.25) is 0 Å². The van der Waals surface area contributed by atoms with Crippen LogP contribution in [0.15, 0.2) is 51.4 Å². The number of nitrogens with zero attached hydrogens (tertiary/aromatic N) is 4. The molecule has 1 aromatic carbocycles. The van der Waals surface area contributed by atoms with E-state index in [4.69, 9.17) is 8.94 Å². The zero-order chi connectivity index (χ0) is 22.4. The van der Waals surface area contributed by atoms with Crippen LogP contribution in [0.1, 0.15) is 39.2 Å². The summed E-state index contributed by atoms with van der Waals surface area (Å²) in [5, 5.41) is 4.76. The van der Waals surface area contributed by atoms with Crippen molar-refractivity contribution in [1.82, 2.24) is 19.9 Å². The number of aryl methyl sites for hydroxylation is 3. The fourth-order valence-electron chi connectivity index (χ4n) is 4.56. The second-order valence-corrected chi connectivity index (χ2v) is 8.52. The molecule has 1 amide bonds. The summed E-state index contributed by atoms with van der Waals surface area (Å²) in [6.45, 7) is 7.87. The number of hydrogen-bond donors (Lipinski definition) is 0. The van der Waals surface area contributed by atoms with Crippen molar-refractivity contribution in [3.05, 3.63) is 70.8 Å².